The van der Waals surface area contributed by atoms with Crippen molar-refractivity contribution < 1.29 is 9.53 Å². The molecule has 120 valence electrons. The number of ether oxygens (including phenoxy) is 1. The number of aromatic nitrogens is 1. The molecule has 0 spiro atoms. The number of nitrogens with one attached hydrogen (secondary N) is 1. The number of benzene rings is 2. The zero-order valence-corrected chi connectivity index (χ0v) is 13.6. The van der Waals surface area contributed by atoms with Gasteiger partial charge < -0.3 is 10.1 Å². The summed E-state index contributed by atoms with van der Waals surface area (Å²) in [5.74, 6) is 0.887. The molecule has 1 aromatic heterocycles. The van der Waals surface area contributed by atoms with Gasteiger partial charge in [0.25, 0.3) is 5.91 Å². The van der Waals surface area contributed by atoms with Crippen LogP contribution >= 0.6 is 0 Å². The maximum Gasteiger partial charge on any atom is 0.255 e. The first-order valence-corrected chi connectivity index (χ1v) is 7.69. The quantitative estimate of drug-likeness (QED) is 0.755. The van der Waals surface area contributed by atoms with Crippen molar-refractivity contribution in [2.45, 2.75) is 13.8 Å². The van der Waals surface area contributed by atoms with Crippen molar-refractivity contribution in [3.05, 3.63) is 83.6 Å². The van der Waals surface area contributed by atoms with Gasteiger partial charge in [-0.1, -0.05) is 18.2 Å². The summed E-state index contributed by atoms with van der Waals surface area (Å²) in [6, 6.07) is 18.4. The van der Waals surface area contributed by atoms with Gasteiger partial charge in [-0.3, -0.25) is 4.79 Å². The molecular formula is C20H18N2O2. The van der Waals surface area contributed by atoms with Gasteiger partial charge in [-0.2, -0.15) is 0 Å². The zero-order valence-electron chi connectivity index (χ0n) is 13.6. The van der Waals surface area contributed by atoms with Crippen LogP contribution in [0.5, 0.6) is 11.6 Å². The fraction of sp³-hybridized carbons (Fsp3) is 0.100. The van der Waals surface area contributed by atoms with E-state index in [-0.39, 0.29) is 5.91 Å². The Morgan fingerprint density at radius 1 is 0.958 bits per heavy atom. The summed E-state index contributed by atoms with van der Waals surface area (Å²) in [7, 11) is 0. The Bertz CT molecular complexity index is 840. The average Bonchev–Trinajstić information content (AvgIpc) is 2.55. The number of hydrogen-bond donors (Lipinski definition) is 1. The molecule has 24 heavy (non-hydrogen) atoms. The van der Waals surface area contributed by atoms with Gasteiger partial charge in [0.1, 0.15) is 5.75 Å². The molecule has 0 bridgehead atoms. The van der Waals surface area contributed by atoms with Crippen LogP contribution in [0.4, 0.5) is 5.69 Å². The summed E-state index contributed by atoms with van der Waals surface area (Å²) in [6.45, 7) is 4.01. The first-order valence-electron chi connectivity index (χ1n) is 7.69. The SMILES string of the molecule is Cc1cc(C)cc(NC(=O)c2cccc(Oc3ccccn3)c2)c1. The van der Waals surface area contributed by atoms with E-state index < -0.39 is 0 Å². The lowest BCUT2D eigenvalue weighted by molar-refractivity contribution is 0.102. The Balaban J connectivity index is 1.76. The number of anilines is 1. The van der Waals surface area contributed by atoms with Crippen LogP contribution in [0.1, 0.15) is 21.5 Å². The summed E-state index contributed by atoms with van der Waals surface area (Å²) < 4.78 is 5.67. The molecule has 0 aliphatic rings. The highest BCUT2D eigenvalue weighted by Gasteiger charge is 2.08. The molecule has 0 saturated carbocycles. The number of carbonyl (C=O) groups excluding carboxylic acids is 1. The lowest BCUT2D eigenvalue weighted by Gasteiger charge is -2.09. The summed E-state index contributed by atoms with van der Waals surface area (Å²) >= 11 is 0. The largest absolute Gasteiger partial charge is 0.439 e. The van der Waals surface area contributed by atoms with Crippen molar-refractivity contribution in [3.63, 3.8) is 0 Å². The molecule has 0 saturated heterocycles. The molecule has 4 nitrogen and oxygen atoms in total. The normalized spacial score (nSPS) is 10.2. The molecule has 2 aromatic carbocycles. The van der Waals surface area contributed by atoms with Crippen LogP contribution in [-0.4, -0.2) is 10.9 Å². The molecule has 1 amide bonds. The van der Waals surface area contributed by atoms with Crippen LogP contribution in [0, 0.1) is 13.8 Å². The Labute approximate surface area is 141 Å². The van der Waals surface area contributed by atoms with E-state index in [9.17, 15) is 4.79 Å². The molecule has 1 heterocycles. The van der Waals surface area contributed by atoms with Crippen LogP contribution in [-0.2, 0) is 0 Å². The summed E-state index contributed by atoms with van der Waals surface area (Å²) in [6.07, 6.45) is 1.66. The third-order valence-electron chi connectivity index (χ3n) is 3.44. The summed E-state index contributed by atoms with van der Waals surface area (Å²) in [4.78, 5) is 16.6. The van der Waals surface area contributed by atoms with Crippen molar-refractivity contribution in [1.29, 1.82) is 0 Å². The molecule has 0 aliphatic carbocycles. The van der Waals surface area contributed by atoms with Crippen molar-refractivity contribution in [2.24, 2.45) is 0 Å². The molecule has 0 fully saturated rings. The second kappa shape index (κ2) is 6.96. The van der Waals surface area contributed by atoms with Crippen LogP contribution in [0.15, 0.2) is 66.9 Å². The third-order valence-corrected chi connectivity index (χ3v) is 3.44. The summed E-state index contributed by atoms with van der Waals surface area (Å²) in [5.41, 5.74) is 3.53. The molecule has 3 rings (SSSR count). The van der Waals surface area contributed by atoms with E-state index in [1.807, 2.05) is 38.1 Å². The molecule has 0 atom stereocenters. The number of pyridine rings is 1. The smallest absolute Gasteiger partial charge is 0.255 e. The van der Waals surface area contributed by atoms with Crippen molar-refractivity contribution in [3.8, 4) is 11.6 Å². The van der Waals surface area contributed by atoms with Crippen molar-refractivity contribution >= 4 is 11.6 Å². The minimum Gasteiger partial charge on any atom is -0.439 e. The second-order valence-corrected chi connectivity index (χ2v) is 5.63. The van der Waals surface area contributed by atoms with E-state index >= 15 is 0 Å². The lowest BCUT2D eigenvalue weighted by atomic mass is 10.1. The standard InChI is InChI=1S/C20H18N2O2/c1-14-10-15(2)12-17(11-14)22-20(23)16-6-5-7-18(13-16)24-19-8-3-4-9-21-19/h3-13H,1-2H3,(H,22,23). The fourth-order valence-electron chi connectivity index (χ4n) is 2.48. The van der Waals surface area contributed by atoms with Gasteiger partial charge in [-0.25, -0.2) is 4.98 Å². The Morgan fingerprint density at radius 2 is 1.75 bits per heavy atom. The highest BCUT2D eigenvalue weighted by molar-refractivity contribution is 6.04. The number of hydrogen-bond acceptors (Lipinski definition) is 3. The average molecular weight is 318 g/mol. The van der Waals surface area contributed by atoms with Crippen LogP contribution in [0.3, 0.4) is 0 Å². The predicted octanol–water partition coefficient (Wildman–Crippen LogP) is 4.74. The van der Waals surface area contributed by atoms with E-state index in [0.717, 1.165) is 16.8 Å². The van der Waals surface area contributed by atoms with Crippen LogP contribution in [0.25, 0.3) is 0 Å². The van der Waals surface area contributed by atoms with Crippen molar-refractivity contribution in [2.75, 3.05) is 5.32 Å². The van der Waals surface area contributed by atoms with Crippen LogP contribution < -0.4 is 10.1 Å². The van der Waals surface area contributed by atoms with Crippen molar-refractivity contribution in [1.82, 2.24) is 4.98 Å². The fourth-order valence-corrected chi connectivity index (χ4v) is 2.48. The highest BCUT2D eigenvalue weighted by atomic mass is 16.5. The third kappa shape index (κ3) is 3.98. The van der Waals surface area contributed by atoms with Gasteiger partial charge in [-0.05, 0) is 61.4 Å². The molecule has 4 heteroatoms. The van der Waals surface area contributed by atoms with Gasteiger partial charge in [0.05, 0.1) is 0 Å². The van der Waals surface area contributed by atoms with Gasteiger partial charge in [-0.15, -0.1) is 0 Å². The number of nitrogens with zero attached hydrogens (tertiary/aromatic N) is 1. The maximum atomic E-state index is 12.5. The number of aryl methyl sites for hydroxylation is 2. The molecule has 0 radical (unpaired) electrons. The number of amides is 1. The zero-order chi connectivity index (χ0) is 16.9. The van der Waals surface area contributed by atoms with E-state index in [2.05, 4.69) is 16.4 Å². The number of carbonyl (C=O) groups is 1. The lowest BCUT2D eigenvalue weighted by Crippen LogP contribution is -2.12. The van der Waals surface area contributed by atoms with Gasteiger partial charge in [0.2, 0.25) is 5.88 Å². The van der Waals surface area contributed by atoms with Crippen LogP contribution in [0.2, 0.25) is 0 Å². The Morgan fingerprint density at radius 3 is 2.46 bits per heavy atom. The molecule has 0 aliphatic heterocycles. The van der Waals surface area contributed by atoms with E-state index in [1.165, 1.54) is 0 Å². The molecule has 3 aromatic rings. The molecule has 0 unspecified atom stereocenters. The molecule has 1 N–H and O–H groups in total. The van der Waals surface area contributed by atoms with Gasteiger partial charge in [0, 0.05) is 23.5 Å². The van der Waals surface area contributed by atoms with E-state index in [1.54, 1.807) is 36.5 Å². The Kier molecular flexibility index (Phi) is 4.57. The topological polar surface area (TPSA) is 51.2 Å². The van der Waals surface area contributed by atoms with Gasteiger partial charge in [0.15, 0.2) is 0 Å². The molecular weight excluding hydrogens is 300 g/mol. The monoisotopic (exact) mass is 318 g/mol. The first-order chi connectivity index (χ1) is 11.6. The predicted molar refractivity (Wildman–Crippen MR) is 94.6 cm³/mol. The van der Waals surface area contributed by atoms with E-state index in [0.29, 0.717) is 17.2 Å². The summed E-state index contributed by atoms with van der Waals surface area (Å²) in [5, 5.41) is 2.92. The minimum atomic E-state index is -0.175. The van der Waals surface area contributed by atoms with E-state index in [4.69, 9.17) is 4.74 Å². The minimum absolute atomic E-state index is 0.175. The highest BCUT2D eigenvalue weighted by Crippen LogP contribution is 2.21. The maximum absolute atomic E-state index is 12.5. The second-order valence-electron chi connectivity index (χ2n) is 5.63. The number of rotatable bonds is 4. The van der Waals surface area contributed by atoms with Gasteiger partial charge >= 0.3 is 0 Å². The Hall–Kier alpha value is -3.14. The first kappa shape index (κ1) is 15.7.